The fourth-order valence-corrected chi connectivity index (χ4v) is 2.05. The Labute approximate surface area is 94.3 Å². The van der Waals surface area contributed by atoms with Gasteiger partial charge in [0.05, 0.1) is 5.69 Å². The number of nitrogens with zero attached hydrogens (tertiary/aromatic N) is 1. The summed E-state index contributed by atoms with van der Waals surface area (Å²) < 4.78 is 13.6. The normalized spacial score (nSPS) is 15.9. The van der Waals surface area contributed by atoms with Crippen LogP contribution in [0.15, 0.2) is 18.2 Å². The molecular weight excluding hydrogens is 207 g/mol. The number of amides is 1. The van der Waals surface area contributed by atoms with Gasteiger partial charge in [-0.3, -0.25) is 4.79 Å². The van der Waals surface area contributed by atoms with Crippen molar-refractivity contribution in [2.24, 2.45) is 0 Å². The third kappa shape index (κ3) is 2.32. The van der Waals surface area contributed by atoms with Gasteiger partial charge in [-0.15, -0.1) is 0 Å². The van der Waals surface area contributed by atoms with Crippen molar-refractivity contribution >= 4 is 17.8 Å². The molecule has 1 amide bonds. The van der Waals surface area contributed by atoms with Gasteiger partial charge in [0.2, 0.25) is 6.41 Å². The van der Waals surface area contributed by atoms with Crippen LogP contribution in [0, 0.1) is 5.82 Å². The summed E-state index contributed by atoms with van der Waals surface area (Å²) in [5.74, 6) is -0.224. The lowest BCUT2D eigenvalue weighted by Gasteiger charge is -2.29. The van der Waals surface area contributed by atoms with Gasteiger partial charge in [-0.25, -0.2) is 4.39 Å². The Hall–Kier alpha value is -1.58. The Morgan fingerprint density at radius 3 is 2.69 bits per heavy atom. The van der Waals surface area contributed by atoms with Gasteiger partial charge in [0.15, 0.2) is 0 Å². The average Bonchev–Trinajstić information content (AvgIpc) is 2.33. The molecule has 0 bridgehead atoms. The van der Waals surface area contributed by atoms with E-state index in [2.05, 4.69) is 5.32 Å². The third-order valence-electron chi connectivity index (χ3n) is 2.87. The quantitative estimate of drug-likeness (QED) is 0.796. The summed E-state index contributed by atoms with van der Waals surface area (Å²) in [5, 5.41) is 2.54. The van der Waals surface area contributed by atoms with E-state index in [1.54, 1.807) is 12.1 Å². The van der Waals surface area contributed by atoms with Crippen LogP contribution in [0.5, 0.6) is 0 Å². The van der Waals surface area contributed by atoms with Crippen molar-refractivity contribution in [1.82, 2.24) is 0 Å². The SMILES string of the molecule is O=CNc1ccc(F)c(N2CCCCC2)c1. The highest BCUT2D eigenvalue weighted by molar-refractivity contribution is 5.73. The van der Waals surface area contributed by atoms with Crippen LogP contribution in [0.3, 0.4) is 0 Å². The largest absolute Gasteiger partial charge is 0.369 e. The molecule has 0 spiro atoms. The van der Waals surface area contributed by atoms with Crippen molar-refractivity contribution in [3.05, 3.63) is 24.0 Å². The minimum atomic E-state index is -0.224. The van der Waals surface area contributed by atoms with Gasteiger partial charge in [0, 0.05) is 18.8 Å². The molecule has 1 fully saturated rings. The summed E-state index contributed by atoms with van der Waals surface area (Å²) in [4.78, 5) is 12.4. The Kier molecular flexibility index (Phi) is 3.39. The lowest BCUT2D eigenvalue weighted by atomic mass is 10.1. The summed E-state index contributed by atoms with van der Waals surface area (Å²) in [7, 11) is 0. The number of rotatable bonds is 3. The molecule has 1 aromatic carbocycles. The van der Waals surface area contributed by atoms with Gasteiger partial charge >= 0.3 is 0 Å². The molecule has 1 saturated heterocycles. The van der Waals surface area contributed by atoms with Crippen LogP contribution >= 0.6 is 0 Å². The first kappa shape index (κ1) is 10.9. The highest BCUT2D eigenvalue weighted by atomic mass is 19.1. The highest BCUT2D eigenvalue weighted by Crippen LogP contribution is 2.26. The van der Waals surface area contributed by atoms with E-state index in [1.807, 2.05) is 4.90 Å². The molecule has 0 radical (unpaired) electrons. The first-order valence-electron chi connectivity index (χ1n) is 5.56. The van der Waals surface area contributed by atoms with Crippen LogP contribution in [-0.4, -0.2) is 19.5 Å². The molecule has 1 heterocycles. The van der Waals surface area contributed by atoms with Crippen LogP contribution in [0.4, 0.5) is 15.8 Å². The van der Waals surface area contributed by atoms with Gasteiger partial charge in [-0.1, -0.05) is 0 Å². The third-order valence-corrected chi connectivity index (χ3v) is 2.87. The fourth-order valence-electron chi connectivity index (χ4n) is 2.05. The standard InChI is InChI=1S/C12H15FN2O/c13-11-5-4-10(14-9-16)8-12(11)15-6-2-1-3-7-15/h4-5,8-9H,1-3,6-7H2,(H,14,16). The lowest BCUT2D eigenvalue weighted by molar-refractivity contribution is -0.105. The Bertz CT molecular complexity index is 375. The molecule has 86 valence electrons. The Balaban J connectivity index is 2.23. The summed E-state index contributed by atoms with van der Waals surface area (Å²) >= 11 is 0. The number of anilines is 2. The molecule has 0 aliphatic carbocycles. The molecule has 4 heteroatoms. The van der Waals surface area contributed by atoms with E-state index < -0.39 is 0 Å². The zero-order chi connectivity index (χ0) is 11.4. The smallest absolute Gasteiger partial charge is 0.211 e. The molecule has 1 aliphatic heterocycles. The van der Waals surface area contributed by atoms with Crippen molar-refractivity contribution in [2.45, 2.75) is 19.3 Å². The van der Waals surface area contributed by atoms with Crippen LogP contribution in [0.2, 0.25) is 0 Å². The van der Waals surface area contributed by atoms with Gasteiger partial charge in [0.25, 0.3) is 0 Å². The fraction of sp³-hybridized carbons (Fsp3) is 0.417. The van der Waals surface area contributed by atoms with Crippen molar-refractivity contribution in [2.75, 3.05) is 23.3 Å². The van der Waals surface area contributed by atoms with Crippen LogP contribution in [0.25, 0.3) is 0 Å². The number of carbonyl (C=O) groups is 1. The van der Waals surface area contributed by atoms with E-state index in [0.29, 0.717) is 17.8 Å². The molecule has 0 aromatic heterocycles. The van der Waals surface area contributed by atoms with Crippen molar-refractivity contribution in [3.8, 4) is 0 Å². The summed E-state index contributed by atoms with van der Waals surface area (Å²) in [5.41, 5.74) is 1.23. The minimum Gasteiger partial charge on any atom is -0.369 e. The lowest BCUT2D eigenvalue weighted by Crippen LogP contribution is -2.30. The number of benzene rings is 1. The Morgan fingerprint density at radius 1 is 1.25 bits per heavy atom. The summed E-state index contributed by atoms with van der Waals surface area (Å²) in [6.45, 7) is 1.78. The first-order chi connectivity index (χ1) is 7.81. The zero-order valence-corrected chi connectivity index (χ0v) is 9.08. The maximum absolute atomic E-state index is 13.6. The van der Waals surface area contributed by atoms with Crippen molar-refractivity contribution in [1.29, 1.82) is 0 Å². The second-order valence-electron chi connectivity index (χ2n) is 3.98. The predicted octanol–water partition coefficient (Wildman–Crippen LogP) is 2.38. The molecule has 3 nitrogen and oxygen atoms in total. The number of hydrogen-bond acceptors (Lipinski definition) is 2. The van der Waals surface area contributed by atoms with Gasteiger partial charge in [-0.2, -0.15) is 0 Å². The van der Waals surface area contributed by atoms with Gasteiger partial charge in [0.1, 0.15) is 5.82 Å². The van der Waals surface area contributed by atoms with Gasteiger partial charge < -0.3 is 10.2 Å². The minimum absolute atomic E-state index is 0.224. The van der Waals surface area contributed by atoms with Crippen LogP contribution in [0.1, 0.15) is 19.3 Å². The van der Waals surface area contributed by atoms with E-state index in [1.165, 1.54) is 12.5 Å². The molecule has 1 aliphatic rings. The average molecular weight is 222 g/mol. The van der Waals surface area contributed by atoms with E-state index in [4.69, 9.17) is 0 Å². The van der Waals surface area contributed by atoms with Gasteiger partial charge in [-0.05, 0) is 37.5 Å². The number of hydrogen-bond donors (Lipinski definition) is 1. The van der Waals surface area contributed by atoms with Crippen molar-refractivity contribution in [3.63, 3.8) is 0 Å². The van der Waals surface area contributed by atoms with E-state index in [9.17, 15) is 9.18 Å². The second-order valence-corrected chi connectivity index (χ2v) is 3.98. The molecule has 0 unspecified atom stereocenters. The number of halogens is 1. The molecule has 0 atom stereocenters. The Morgan fingerprint density at radius 2 is 2.00 bits per heavy atom. The van der Waals surface area contributed by atoms with Crippen molar-refractivity contribution < 1.29 is 9.18 Å². The zero-order valence-electron chi connectivity index (χ0n) is 9.08. The maximum Gasteiger partial charge on any atom is 0.211 e. The number of nitrogens with one attached hydrogen (secondary N) is 1. The molecule has 1 aromatic rings. The molecule has 1 N–H and O–H groups in total. The molecule has 2 rings (SSSR count). The monoisotopic (exact) mass is 222 g/mol. The van der Waals surface area contributed by atoms with Crippen LogP contribution in [-0.2, 0) is 4.79 Å². The molecule has 0 saturated carbocycles. The topological polar surface area (TPSA) is 32.3 Å². The summed E-state index contributed by atoms with van der Waals surface area (Å²) in [6.07, 6.45) is 4.02. The van der Waals surface area contributed by atoms with Crippen LogP contribution < -0.4 is 10.2 Å². The van der Waals surface area contributed by atoms with E-state index >= 15 is 0 Å². The maximum atomic E-state index is 13.6. The molecule has 16 heavy (non-hydrogen) atoms. The summed E-state index contributed by atoms with van der Waals surface area (Å²) in [6, 6.07) is 4.65. The highest BCUT2D eigenvalue weighted by Gasteiger charge is 2.14. The first-order valence-corrected chi connectivity index (χ1v) is 5.56. The second kappa shape index (κ2) is 4.96. The number of piperidine rings is 1. The van der Waals surface area contributed by atoms with E-state index in [-0.39, 0.29) is 5.82 Å². The van der Waals surface area contributed by atoms with E-state index in [0.717, 1.165) is 25.9 Å². The predicted molar refractivity (Wildman–Crippen MR) is 62.2 cm³/mol. The molecular formula is C12H15FN2O. The number of carbonyl (C=O) groups excluding carboxylic acids is 1.